The number of aryl methyl sites for hydroxylation is 1. The fourth-order valence-electron chi connectivity index (χ4n) is 1.56. The summed E-state index contributed by atoms with van der Waals surface area (Å²) in [4.78, 5) is 0. The molecule has 0 radical (unpaired) electrons. The molecular formula is C12H14N2O. The topological polar surface area (TPSA) is 52.0 Å². The third-order valence-electron chi connectivity index (χ3n) is 2.34. The highest BCUT2D eigenvalue weighted by Crippen LogP contribution is 2.22. The highest BCUT2D eigenvalue weighted by atomic mass is 16.5. The Labute approximate surface area is 88.9 Å². The van der Waals surface area contributed by atoms with Crippen LogP contribution in [0.15, 0.2) is 41.1 Å². The maximum absolute atomic E-state index is 5.48. The van der Waals surface area contributed by atoms with Crippen LogP contribution < -0.4 is 5.73 Å². The molecule has 0 amide bonds. The van der Waals surface area contributed by atoms with E-state index in [9.17, 15) is 0 Å². The SMILES string of the molecule is NCCCc1conc1-c1ccccc1. The van der Waals surface area contributed by atoms with Gasteiger partial charge >= 0.3 is 0 Å². The van der Waals surface area contributed by atoms with Crippen molar-refractivity contribution in [2.24, 2.45) is 5.73 Å². The van der Waals surface area contributed by atoms with Gasteiger partial charge in [-0.05, 0) is 19.4 Å². The van der Waals surface area contributed by atoms with Gasteiger partial charge in [-0.15, -0.1) is 0 Å². The fraction of sp³-hybridized carbons (Fsp3) is 0.250. The largest absolute Gasteiger partial charge is 0.364 e. The van der Waals surface area contributed by atoms with E-state index in [0.29, 0.717) is 6.54 Å². The first-order chi connectivity index (χ1) is 7.42. The lowest BCUT2D eigenvalue weighted by Crippen LogP contribution is -2.00. The summed E-state index contributed by atoms with van der Waals surface area (Å²) >= 11 is 0. The van der Waals surface area contributed by atoms with Crippen molar-refractivity contribution in [3.8, 4) is 11.3 Å². The summed E-state index contributed by atoms with van der Waals surface area (Å²) in [6.07, 6.45) is 3.59. The van der Waals surface area contributed by atoms with Crippen LogP contribution >= 0.6 is 0 Å². The van der Waals surface area contributed by atoms with Crippen molar-refractivity contribution >= 4 is 0 Å². The van der Waals surface area contributed by atoms with Crippen molar-refractivity contribution < 1.29 is 4.52 Å². The van der Waals surface area contributed by atoms with Crippen LogP contribution in [0.1, 0.15) is 12.0 Å². The average Bonchev–Trinajstić information content (AvgIpc) is 2.75. The zero-order valence-corrected chi connectivity index (χ0v) is 8.52. The second-order valence-corrected chi connectivity index (χ2v) is 3.45. The first-order valence-electron chi connectivity index (χ1n) is 5.10. The molecule has 0 aliphatic heterocycles. The predicted molar refractivity (Wildman–Crippen MR) is 59.3 cm³/mol. The molecule has 2 aromatic rings. The Morgan fingerprint density at radius 1 is 1.20 bits per heavy atom. The molecule has 0 spiro atoms. The fourth-order valence-corrected chi connectivity index (χ4v) is 1.56. The van der Waals surface area contributed by atoms with Gasteiger partial charge in [0.2, 0.25) is 0 Å². The van der Waals surface area contributed by atoms with Gasteiger partial charge in [0.15, 0.2) is 0 Å². The van der Waals surface area contributed by atoms with Gasteiger partial charge in [0.05, 0.1) is 0 Å². The summed E-state index contributed by atoms with van der Waals surface area (Å²) in [7, 11) is 0. The van der Waals surface area contributed by atoms with Gasteiger partial charge in [-0.2, -0.15) is 0 Å². The van der Waals surface area contributed by atoms with Crippen LogP contribution in [0.4, 0.5) is 0 Å². The molecule has 15 heavy (non-hydrogen) atoms. The molecule has 2 rings (SSSR count). The van der Waals surface area contributed by atoms with Gasteiger partial charge in [0.25, 0.3) is 0 Å². The van der Waals surface area contributed by atoms with Crippen molar-refractivity contribution in [2.75, 3.05) is 6.54 Å². The standard InChI is InChI=1S/C12H14N2O/c13-8-4-7-11-9-15-14-12(11)10-5-2-1-3-6-10/h1-3,5-6,9H,4,7-8,13H2. The molecule has 1 heterocycles. The highest BCUT2D eigenvalue weighted by molar-refractivity contribution is 5.61. The van der Waals surface area contributed by atoms with Crippen LogP contribution in [-0.2, 0) is 6.42 Å². The molecule has 0 aliphatic carbocycles. The van der Waals surface area contributed by atoms with E-state index in [0.717, 1.165) is 29.7 Å². The predicted octanol–water partition coefficient (Wildman–Crippen LogP) is 2.23. The summed E-state index contributed by atoms with van der Waals surface area (Å²) in [6.45, 7) is 0.694. The lowest BCUT2D eigenvalue weighted by Gasteiger charge is -1.99. The van der Waals surface area contributed by atoms with E-state index < -0.39 is 0 Å². The normalized spacial score (nSPS) is 10.5. The third-order valence-corrected chi connectivity index (χ3v) is 2.34. The monoisotopic (exact) mass is 202 g/mol. The molecule has 0 saturated carbocycles. The lowest BCUT2D eigenvalue weighted by molar-refractivity contribution is 0.421. The van der Waals surface area contributed by atoms with Crippen LogP contribution in [0.2, 0.25) is 0 Å². The van der Waals surface area contributed by atoms with Crippen LogP contribution in [-0.4, -0.2) is 11.7 Å². The minimum atomic E-state index is 0.694. The number of hydrogen-bond donors (Lipinski definition) is 1. The Balaban J connectivity index is 2.25. The van der Waals surface area contributed by atoms with Crippen LogP contribution in [0.25, 0.3) is 11.3 Å². The van der Waals surface area contributed by atoms with Crippen molar-refractivity contribution in [1.29, 1.82) is 0 Å². The minimum absolute atomic E-state index is 0.694. The summed E-state index contributed by atoms with van der Waals surface area (Å²) in [6, 6.07) is 10.0. The van der Waals surface area contributed by atoms with Crippen molar-refractivity contribution in [3.63, 3.8) is 0 Å². The highest BCUT2D eigenvalue weighted by Gasteiger charge is 2.08. The van der Waals surface area contributed by atoms with Crippen molar-refractivity contribution in [3.05, 3.63) is 42.2 Å². The van der Waals surface area contributed by atoms with E-state index in [1.165, 1.54) is 0 Å². The number of rotatable bonds is 4. The summed E-state index contributed by atoms with van der Waals surface area (Å²) in [5, 5.41) is 4.02. The van der Waals surface area contributed by atoms with E-state index in [1.807, 2.05) is 30.3 Å². The molecule has 1 aromatic heterocycles. The van der Waals surface area contributed by atoms with Crippen molar-refractivity contribution in [1.82, 2.24) is 5.16 Å². The van der Waals surface area contributed by atoms with Crippen LogP contribution in [0.3, 0.4) is 0 Å². The maximum Gasteiger partial charge on any atom is 0.127 e. The molecule has 0 fully saturated rings. The average molecular weight is 202 g/mol. The quantitative estimate of drug-likeness (QED) is 0.827. The molecule has 0 saturated heterocycles. The molecule has 0 bridgehead atoms. The van der Waals surface area contributed by atoms with E-state index in [-0.39, 0.29) is 0 Å². The molecule has 0 atom stereocenters. The Bertz CT molecular complexity index is 409. The van der Waals surface area contributed by atoms with Gasteiger partial charge in [-0.1, -0.05) is 35.5 Å². The Morgan fingerprint density at radius 3 is 2.73 bits per heavy atom. The Kier molecular flexibility index (Phi) is 3.15. The molecule has 3 nitrogen and oxygen atoms in total. The first-order valence-corrected chi connectivity index (χ1v) is 5.10. The minimum Gasteiger partial charge on any atom is -0.364 e. The van der Waals surface area contributed by atoms with Gasteiger partial charge in [-0.25, -0.2) is 0 Å². The zero-order chi connectivity index (χ0) is 10.5. The number of nitrogens with two attached hydrogens (primary N) is 1. The summed E-state index contributed by atoms with van der Waals surface area (Å²) < 4.78 is 5.01. The second-order valence-electron chi connectivity index (χ2n) is 3.45. The number of hydrogen-bond acceptors (Lipinski definition) is 3. The number of nitrogens with zero attached hydrogens (tertiary/aromatic N) is 1. The lowest BCUT2D eigenvalue weighted by atomic mass is 10.1. The van der Waals surface area contributed by atoms with Crippen LogP contribution in [0.5, 0.6) is 0 Å². The van der Waals surface area contributed by atoms with Crippen molar-refractivity contribution in [2.45, 2.75) is 12.8 Å². The molecule has 3 heteroatoms. The van der Waals surface area contributed by atoms with Gasteiger partial charge in [-0.3, -0.25) is 0 Å². The van der Waals surface area contributed by atoms with Crippen LogP contribution in [0, 0.1) is 0 Å². The molecule has 0 unspecified atom stereocenters. The molecule has 1 aromatic carbocycles. The van der Waals surface area contributed by atoms with Gasteiger partial charge < -0.3 is 10.3 Å². The van der Waals surface area contributed by atoms with E-state index >= 15 is 0 Å². The maximum atomic E-state index is 5.48. The van der Waals surface area contributed by atoms with E-state index in [2.05, 4.69) is 5.16 Å². The zero-order valence-electron chi connectivity index (χ0n) is 8.52. The smallest absolute Gasteiger partial charge is 0.127 e. The molecule has 0 aliphatic rings. The summed E-state index contributed by atoms with van der Waals surface area (Å²) in [5.74, 6) is 0. The number of benzene rings is 1. The summed E-state index contributed by atoms with van der Waals surface area (Å²) in [5.41, 5.74) is 8.64. The Morgan fingerprint density at radius 2 is 2.00 bits per heavy atom. The number of aromatic nitrogens is 1. The molecular weight excluding hydrogens is 188 g/mol. The van der Waals surface area contributed by atoms with Gasteiger partial charge in [0.1, 0.15) is 12.0 Å². The molecule has 2 N–H and O–H groups in total. The van der Waals surface area contributed by atoms with Gasteiger partial charge in [0, 0.05) is 11.1 Å². The van der Waals surface area contributed by atoms with E-state index in [1.54, 1.807) is 6.26 Å². The molecule has 78 valence electrons. The Hall–Kier alpha value is -1.61. The second kappa shape index (κ2) is 4.75. The van der Waals surface area contributed by atoms with E-state index in [4.69, 9.17) is 10.3 Å². The third kappa shape index (κ3) is 2.25. The first kappa shape index (κ1) is 9.93.